The first kappa shape index (κ1) is 32.7. The zero-order valence-electron chi connectivity index (χ0n) is 25.2. The van der Waals surface area contributed by atoms with Crippen LogP contribution >= 0.6 is 0 Å². The summed E-state index contributed by atoms with van der Waals surface area (Å²) >= 11 is 0. The van der Waals surface area contributed by atoms with Gasteiger partial charge in [-0.1, -0.05) is 67.1 Å². The second-order valence-electron chi connectivity index (χ2n) is 10.7. The van der Waals surface area contributed by atoms with E-state index in [0.29, 0.717) is 17.9 Å². The fourth-order valence-corrected chi connectivity index (χ4v) is 5.72. The second kappa shape index (κ2) is 15.4. The van der Waals surface area contributed by atoms with Gasteiger partial charge in [0.05, 0.1) is 19.1 Å². The smallest absolute Gasteiger partial charge is 0.243 e. The first-order valence-electron chi connectivity index (χ1n) is 14.3. The molecule has 0 aliphatic carbocycles. The number of anilines is 1. The summed E-state index contributed by atoms with van der Waals surface area (Å²) in [5.74, 6) is 0.208. The number of benzene rings is 3. The molecule has 3 aromatic carbocycles. The van der Waals surface area contributed by atoms with Gasteiger partial charge in [-0.05, 0) is 62.1 Å². The van der Waals surface area contributed by atoms with Crippen LogP contribution in [0.5, 0.6) is 5.75 Å². The van der Waals surface area contributed by atoms with Crippen LogP contribution < -0.4 is 14.4 Å². The lowest BCUT2D eigenvalue weighted by molar-refractivity contribution is -0.141. The van der Waals surface area contributed by atoms with Gasteiger partial charge in [0.2, 0.25) is 21.8 Å². The second-order valence-corrected chi connectivity index (χ2v) is 12.6. The van der Waals surface area contributed by atoms with Gasteiger partial charge >= 0.3 is 0 Å². The fraction of sp³-hybridized carbons (Fsp3) is 0.394. The molecule has 0 spiro atoms. The van der Waals surface area contributed by atoms with Gasteiger partial charge in [0.25, 0.3) is 0 Å². The highest BCUT2D eigenvalue weighted by Gasteiger charge is 2.31. The van der Waals surface area contributed by atoms with Crippen molar-refractivity contribution in [3.63, 3.8) is 0 Å². The van der Waals surface area contributed by atoms with E-state index in [1.165, 1.54) is 4.31 Å². The van der Waals surface area contributed by atoms with Crippen LogP contribution in [0.1, 0.15) is 49.8 Å². The Hall–Kier alpha value is -3.85. The zero-order valence-corrected chi connectivity index (χ0v) is 26.1. The lowest BCUT2D eigenvalue weighted by atomic mass is 10.0. The number of carbonyl (C=O) groups excluding carboxylic acids is 2. The normalized spacial score (nSPS) is 12.7. The Labute approximate surface area is 250 Å². The Morgan fingerprint density at radius 1 is 0.952 bits per heavy atom. The van der Waals surface area contributed by atoms with E-state index in [0.717, 1.165) is 29.4 Å². The molecule has 2 atom stereocenters. The van der Waals surface area contributed by atoms with Gasteiger partial charge in [-0.25, -0.2) is 8.42 Å². The van der Waals surface area contributed by atoms with E-state index in [4.69, 9.17) is 4.74 Å². The molecule has 0 bridgehead atoms. The number of nitrogens with zero attached hydrogens (tertiary/aromatic N) is 2. The van der Waals surface area contributed by atoms with Gasteiger partial charge in [0.15, 0.2) is 0 Å². The number of nitrogens with one attached hydrogen (secondary N) is 1. The fourth-order valence-electron chi connectivity index (χ4n) is 4.75. The van der Waals surface area contributed by atoms with Crippen molar-refractivity contribution in [3.05, 3.63) is 95.6 Å². The van der Waals surface area contributed by atoms with E-state index in [2.05, 4.69) is 5.32 Å². The highest BCUT2D eigenvalue weighted by molar-refractivity contribution is 7.92. The van der Waals surface area contributed by atoms with Gasteiger partial charge < -0.3 is 15.0 Å². The molecule has 42 heavy (non-hydrogen) atoms. The highest BCUT2D eigenvalue weighted by Crippen LogP contribution is 2.23. The van der Waals surface area contributed by atoms with Crippen LogP contribution in [0.2, 0.25) is 0 Å². The van der Waals surface area contributed by atoms with E-state index in [9.17, 15) is 18.0 Å². The number of hydrogen-bond acceptors (Lipinski definition) is 5. The SMILES string of the molecule is CC[C@H](C)NC(=O)[C@@H](Cc1ccccc1)N(Cc1cccc(C)c1)C(=O)CCCN(c1ccc(OC)cc1)S(C)(=O)=O. The predicted molar refractivity (Wildman–Crippen MR) is 168 cm³/mol. The largest absolute Gasteiger partial charge is 0.497 e. The molecule has 0 saturated heterocycles. The van der Waals surface area contributed by atoms with Crippen molar-refractivity contribution >= 4 is 27.5 Å². The molecule has 0 aliphatic rings. The minimum Gasteiger partial charge on any atom is -0.497 e. The van der Waals surface area contributed by atoms with E-state index in [-0.39, 0.29) is 43.8 Å². The summed E-state index contributed by atoms with van der Waals surface area (Å²) in [4.78, 5) is 29.3. The van der Waals surface area contributed by atoms with Crippen molar-refractivity contribution in [1.29, 1.82) is 0 Å². The summed E-state index contributed by atoms with van der Waals surface area (Å²) in [5.41, 5.74) is 3.43. The molecule has 0 fully saturated rings. The number of methoxy groups -OCH3 is 1. The third-order valence-corrected chi connectivity index (χ3v) is 8.41. The monoisotopic (exact) mass is 593 g/mol. The van der Waals surface area contributed by atoms with Crippen LogP contribution in [-0.2, 0) is 32.6 Å². The Bertz CT molecular complexity index is 1410. The van der Waals surface area contributed by atoms with Crippen LogP contribution in [0.25, 0.3) is 0 Å². The molecule has 226 valence electrons. The van der Waals surface area contributed by atoms with Crippen molar-refractivity contribution in [2.24, 2.45) is 0 Å². The molecular formula is C33H43N3O5S. The van der Waals surface area contributed by atoms with Crippen LogP contribution in [0.3, 0.4) is 0 Å². The van der Waals surface area contributed by atoms with Gasteiger partial charge in [-0.3, -0.25) is 13.9 Å². The van der Waals surface area contributed by atoms with E-state index >= 15 is 0 Å². The third kappa shape index (κ3) is 9.62. The van der Waals surface area contributed by atoms with Crippen molar-refractivity contribution < 1.29 is 22.7 Å². The van der Waals surface area contributed by atoms with E-state index < -0.39 is 16.1 Å². The lowest BCUT2D eigenvalue weighted by Crippen LogP contribution is -2.52. The molecular weight excluding hydrogens is 550 g/mol. The average molecular weight is 594 g/mol. The molecule has 0 aliphatic heterocycles. The summed E-state index contributed by atoms with van der Waals surface area (Å²) < 4.78 is 31.8. The predicted octanol–water partition coefficient (Wildman–Crippen LogP) is 5.10. The number of amides is 2. The molecule has 8 nitrogen and oxygen atoms in total. The summed E-state index contributed by atoms with van der Waals surface area (Å²) in [6.07, 6.45) is 2.64. The number of carbonyl (C=O) groups is 2. The molecule has 0 aromatic heterocycles. The average Bonchev–Trinajstić information content (AvgIpc) is 2.97. The molecule has 0 heterocycles. The Morgan fingerprint density at radius 2 is 1.62 bits per heavy atom. The van der Waals surface area contributed by atoms with Crippen LogP contribution in [-0.4, -0.2) is 57.1 Å². The topological polar surface area (TPSA) is 96.0 Å². The molecule has 9 heteroatoms. The molecule has 0 radical (unpaired) electrons. The maximum atomic E-state index is 13.9. The molecule has 0 saturated carbocycles. The van der Waals surface area contributed by atoms with Crippen molar-refractivity contribution in [3.8, 4) is 5.75 Å². The maximum Gasteiger partial charge on any atom is 0.243 e. The summed E-state index contributed by atoms with van der Waals surface area (Å²) in [5, 5.41) is 3.08. The summed E-state index contributed by atoms with van der Waals surface area (Å²) in [6.45, 7) is 6.33. The summed E-state index contributed by atoms with van der Waals surface area (Å²) in [7, 11) is -2.05. The van der Waals surface area contributed by atoms with Crippen LogP contribution in [0.15, 0.2) is 78.9 Å². The first-order valence-corrected chi connectivity index (χ1v) is 16.2. The Kier molecular flexibility index (Phi) is 12.0. The van der Waals surface area contributed by atoms with E-state index in [1.54, 1.807) is 36.3 Å². The molecule has 0 unspecified atom stereocenters. The molecule has 2 amide bonds. The Balaban J connectivity index is 1.88. The quantitative estimate of drug-likeness (QED) is 0.264. The number of aryl methyl sites for hydroxylation is 1. The van der Waals surface area contributed by atoms with Crippen LogP contribution in [0, 0.1) is 6.92 Å². The van der Waals surface area contributed by atoms with Crippen molar-refractivity contribution in [1.82, 2.24) is 10.2 Å². The molecule has 1 N–H and O–H groups in total. The molecule has 3 aromatic rings. The number of ether oxygens (including phenoxy) is 1. The van der Waals surface area contributed by atoms with E-state index in [1.807, 2.05) is 75.4 Å². The first-order chi connectivity index (χ1) is 20.0. The lowest BCUT2D eigenvalue weighted by Gasteiger charge is -2.33. The Morgan fingerprint density at radius 3 is 2.21 bits per heavy atom. The van der Waals surface area contributed by atoms with Crippen molar-refractivity contribution in [2.75, 3.05) is 24.2 Å². The number of sulfonamides is 1. The minimum atomic E-state index is -3.59. The van der Waals surface area contributed by atoms with Gasteiger partial charge in [-0.15, -0.1) is 0 Å². The van der Waals surface area contributed by atoms with Gasteiger partial charge in [-0.2, -0.15) is 0 Å². The standard InChI is InChI=1S/C33H43N3O5S/c1-6-26(3)34-33(38)31(23-27-13-8-7-9-14-27)35(24-28-15-10-12-25(2)22-28)32(37)16-11-21-36(42(5,39)40)29-17-19-30(41-4)20-18-29/h7-10,12-15,17-20,22,26,31H,6,11,16,21,23-24H2,1-5H3,(H,34,38)/t26-,31+/m0/s1. The summed E-state index contributed by atoms with van der Waals surface area (Å²) in [6, 6.07) is 23.6. The third-order valence-electron chi connectivity index (χ3n) is 7.22. The number of rotatable bonds is 15. The molecule has 3 rings (SSSR count). The zero-order chi connectivity index (χ0) is 30.7. The minimum absolute atomic E-state index is 0.0421. The number of hydrogen-bond donors (Lipinski definition) is 1. The van der Waals surface area contributed by atoms with Crippen LogP contribution in [0.4, 0.5) is 5.69 Å². The highest BCUT2D eigenvalue weighted by atomic mass is 32.2. The van der Waals surface area contributed by atoms with Gasteiger partial charge in [0, 0.05) is 32.0 Å². The van der Waals surface area contributed by atoms with Gasteiger partial charge in [0.1, 0.15) is 11.8 Å². The maximum absolute atomic E-state index is 13.9. The van der Waals surface area contributed by atoms with Crippen molar-refractivity contribution in [2.45, 2.75) is 65.1 Å².